The van der Waals surface area contributed by atoms with Crippen molar-refractivity contribution in [2.45, 2.75) is 52.0 Å². The molecule has 1 saturated heterocycles. The van der Waals surface area contributed by atoms with Gasteiger partial charge in [-0.05, 0) is 62.8 Å². The van der Waals surface area contributed by atoms with Crippen LogP contribution in [0.15, 0.2) is 0 Å². The maximum atomic E-state index is 5.67. The SMILES string of the molecule is CNC(C1CCCOC1)C1CC(C)CC(C)C1. The normalized spacial score (nSPS) is 41.1. The van der Waals surface area contributed by atoms with E-state index < -0.39 is 0 Å². The fourth-order valence-electron chi connectivity index (χ4n) is 4.21. The molecular weight excluding hydrogens is 210 g/mol. The third-order valence-corrected chi connectivity index (χ3v) is 4.76. The fourth-order valence-corrected chi connectivity index (χ4v) is 4.21. The molecule has 2 fully saturated rings. The van der Waals surface area contributed by atoms with Gasteiger partial charge in [-0.15, -0.1) is 0 Å². The second-order valence-electron chi connectivity index (χ2n) is 6.47. The lowest BCUT2D eigenvalue weighted by Crippen LogP contribution is -2.45. The van der Waals surface area contributed by atoms with Crippen molar-refractivity contribution in [3.8, 4) is 0 Å². The third kappa shape index (κ3) is 3.45. The highest BCUT2D eigenvalue weighted by Gasteiger charge is 2.34. The molecule has 0 aromatic carbocycles. The summed E-state index contributed by atoms with van der Waals surface area (Å²) in [6, 6.07) is 0.681. The number of ether oxygens (including phenoxy) is 1. The van der Waals surface area contributed by atoms with E-state index in [0.717, 1.165) is 36.9 Å². The van der Waals surface area contributed by atoms with Gasteiger partial charge in [0.2, 0.25) is 0 Å². The van der Waals surface area contributed by atoms with Crippen molar-refractivity contribution in [2.24, 2.45) is 23.7 Å². The molecule has 1 N–H and O–H groups in total. The fraction of sp³-hybridized carbons (Fsp3) is 1.00. The van der Waals surface area contributed by atoms with E-state index in [4.69, 9.17) is 4.74 Å². The zero-order valence-corrected chi connectivity index (χ0v) is 11.7. The van der Waals surface area contributed by atoms with Crippen LogP contribution >= 0.6 is 0 Å². The molecule has 17 heavy (non-hydrogen) atoms. The Morgan fingerprint density at radius 2 is 1.76 bits per heavy atom. The van der Waals surface area contributed by atoms with Gasteiger partial charge in [0.05, 0.1) is 6.61 Å². The van der Waals surface area contributed by atoms with Gasteiger partial charge < -0.3 is 10.1 Å². The Balaban J connectivity index is 1.96. The van der Waals surface area contributed by atoms with E-state index in [1.54, 1.807) is 0 Å². The maximum absolute atomic E-state index is 5.67. The molecule has 0 aromatic heterocycles. The molecule has 4 unspecified atom stereocenters. The van der Waals surface area contributed by atoms with Gasteiger partial charge in [-0.3, -0.25) is 0 Å². The number of nitrogens with one attached hydrogen (secondary N) is 1. The molecule has 2 nitrogen and oxygen atoms in total. The first kappa shape index (κ1) is 13.4. The van der Waals surface area contributed by atoms with Crippen molar-refractivity contribution in [3.05, 3.63) is 0 Å². The molecule has 2 aliphatic rings. The lowest BCUT2D eigenvalue weighted by atomic mass is 9.70. The van der Waals surface area contributed by atoms with E-state index >= 15 is 0 Å². The average molecular weight is 239 g/mol. The first-order chi connectivity index (χ1) is 8.20. The van der Waals surface area contributed by atoms with Gasteiger partial charge in [-0.2, -0.15) is 0 Å². The Morgan fingerprint density at radius 1 is 1.06 bits per heavy atom. The smallest absolute Gasteiger partial charge is 0.0509 e. The van der Waals surface area contributed by atoms with E-state index in [0.29, 0.717) is 6.04 Å². The van der Waals surface area contributed by atoms with Crippen LogP contribution in [-0.2, 0) is 4.74 Å². The minimum atomic E-state index is 0.681. The maximum Gasteiger partial charge on any atom is 0.0509 e. The number of rotatable bonds is 3. The molecule has 1 heterocycles. The van der Waals surface area contributed by atoms with Crippen molar-refractivity contribution in [1.82, 2.24) is 5.32 Å². The largest absolute Gasteiger partial charge is 0.381 e. The van der Waals surface area contributed by atoms with Crippen molar-refractivity contribution >= 4 is 0 Å². The van der Waals surface area contributed by atoms with Gasteiger partial charge in [0, 0.05) is 12.6 Å². The zero-order valence-electron chi connectivity index (χ0n) is 11.7. The molecule has 1 aliphatic carbocycles. The number of hydrogen-bond donors (Lipinski definition) is 1. The third-order valence-electron chi connectivity index (χ3n) is 4.76. The topological polar surface area (TPSA) is 21.3 Å². The summed E-state index contributed by atoms with van der Waals surface area (Å²) in [6.07, 6.45) is 6.85. The Hall–Kier alpha value is -0.0800. The molecule has 0 radical (unpaired) electrons. The monoisotopic (exact) mass is 239 g/mol. The van der Waals surface area contributed by atoms with Crippen molar-refractivity contribution in [1.29, 1.82) is 0 Å². The molecular formula is C15H29NO. The summed E-state index contributed by atoms with van der Waals surface area (Å²) in [5.41, 5.74) is 0. The van der Waals surface area contributed by atoms with Crippen LogP contribution in [0.3, 0.4) is 0 Å². The first-order valence-electron chi connectivity index (χ1n) is 7.45. The molecule has 1 saturated carbocycles. The summed E-state index contributed by atoms with van der Waals surface area (Å²) >= 11 is 0. The Labute approximate surface area is 107 Å². The van der Waals surface area contributed by atoms with Gasteiger partial charge in [-0.25, -0.2) is 0 Å². The van der Waals surface area contributed by atoms with E-state index in [2.05, 4.69) is 26.2 Å². The molecule has 100 valence electrons. The summed E-state index contributed by atoms with van der Waals surface area (Å²) in [5.74, 6) is 3.43. The quantitative estimate of drug-likeness (QED) is 0.817. The summed E-state index contributed by atoms with van der Waals surface area (Å²) < 4.78 is 5.67. The average Bonchev–Trinajstić information content (AvgIpc) is 2.30. The standard InChI is InChI=1S/C15H29NO/c1-11-7-12(2)9-14(8-11)15(16-3)13-5-4-6-17-10-13/h11-16H,4-10H2,1-3H3. The summed E-state index contributed by atoms with van der Waals surface area (Å²) in [5, 5.41) is 3.60. The molecule has 2 heteroatoms. The van der Waals surface area contributed by atoms with Crippen LogP contribution in [0.25, 0.3) is 0 Å². The molecule has 2 rings (SSSR count). The van der Waals surface area contributed by atoms with E-state index in [9.17, 15) is 0 Å². The molecule has 0 amide bonds. The first-order valence-corrected chi connectivity index (χ1v) is 7.45. The van der Waals surface area contributed by atoms with Crippen LogP contribution in [0.1, 0.15) is 46.0 Å². The lowest BCUT2D eigenvalue weighted by molar-refractivity contribution is 0.0201. The Bertz CT molecular complexity index is 215. The van der Waals surface area contributed by atoms with Crippen LogP contribution in [0, 0.1) is 23.7 Å². The van der Waals surface area contributed by atoms with Gasteiger partial charge in [0.15, 0.2) is 0 Å². The molecule has 0 spiro atoms. The number of hydrogen-bond acceptors (Lipinski definition) is 2. The van der Waals surface area contributed by atoms with Gasteiger partial charge >= 0.3 is 0 Å². The van der Waals surface area contributed by atoms with E-state index in [-0.39, 0.29) is 0 Å². The van der Waals surface area contributed by atoms with Gasteiger partial charge in [0.1, 0.15) is 0 Å². The van der Waals surface area contributed by atoms with Gasteiger partial charge in [0.25, 0.3) is 0 Å². The Kier molecular flexibility index (Phi) is 4.87. The highest BCUT2D eigenvalue weighted by molar-refractivity contribution is 4.88. The summed E-state index contributed by atoms with van der Waals surface area (Å²) in [4.78, 5) is 0. The Morgan fingerprint density at radius 3 is 2.29 bits per heavy atom. The van der Waals surface area contributed by atoms with Crippen LogP contribution in [0.5, 0.6) is 0 Å². The van der Waals surface area contributed by atoms with Crippen LogP contribution in [-0.4, -0.2) is 26.3 Å². The second kappa shape index (κ2) is 6.19. The highest BCUT2D eigenvalue weighted by atomic mass is 16.5. The lowest BCUT2D eigenvalue weighted by Gasteiger charge is -2.41. The van der Waals surface area contributed by atoms with Crippen molar-refractivity contribution in [3.63, 3.8) is 0 Å². The molecule has 4 atom stereocenters. The minimum absolute atomic E-state index is 0.681. The zero-order chi connectivity index (χ0) is 12.3. The van der Waals surface area contributed by atoms with E-state index in [1.807, 2.05) is 0 Å². The van der Waals surface area contributed by atoms with Crippen LogP contribution in [0.4, 0.5) is 0 Å². The predicted molar refractivity (Wildman–Crippen MR) is 72.1 cm³/mol. The van der Waals surface area contributed by atoms with Crippen LogP contribution < -0.4 is 5.32 Å². The summed E-state index contributed by atoms with van der Waals surface area (Å²) in [7, 11) is 2.14. The predicted octanol–water partition coefficient (Wildman–Crippen LogP) is 3.07. The molecule has 1 aliphatic heterocycles. The highest BCUT2D eigenvalue weighted by Crippen LogP contribution is 2.37. The van der Waals surface area contributed by atoms with Crippen molar-refractivity contribution in [2.75, 3.05) is 20.3 Å². The second-order valence-corrected chi connectivity index (χ2v) is 6.47. The molecule has 0 bridgehead atoms. The van der Waals surface area contributed by atoms with Crippen molar-refractivity contribution < 1.29 is 4.74 Å². The van der Waals surface area contributed by atoms with Gasteiger partial charge in [-0.1, -0.05) is 13.8 Å². The van der Waals surface area contributed by atoms with E-state index in [1.165, 1.54) is 32.1 Å². The minimum Gasteiger partial charge on any atom is -0.381 e. The summed E-state index contributed by atoms with van der Waals surface area (Å²) in [6.45, 7) is 6.80. The van der Waals surface area contributed by atoms with Crippen LogP contribution in [0.2, 0.25) is 0 Å². The molecule has 0 aromatic rings.